The van der Waals surface area contributed by atoms with Crippen molar-refractivity contribution in [1.29, 1.82) is 0 Å². The summed E-state index contributed by atoms with van der Waals surface area (Å²) >= 11 is 0. The van der Waals surface area contributed by atoms with E-state index in [4.69, 9.17) is 0 Å². The predicted molar refractivity (Wildman–Crippen MR) is 94.0 cm³/mol. The molecule has 3 aromatic carbocycles. The number of nitrogens with one attached hydrogen (secondary N) is 2. The molecule has 0 spiro atoms. The van der Waals surface area contributed by atoms with Gasteiger partial charge in [0.15, 0.2) is 0 Å². The van der Waals surface area contributed by atoms with E-state index < -0.39 is 0 Å². The van der Waals surface area contributed by atoms with Gasteiger partial charge in [-0.15, -0.1) is 0 Å². The van der Waals surface area contributed by atoms with E-state index in [1.807, 2.05) is 36.4 Å². The molecule has 4 nitrogen and oxygen atoms in total. The molecule has 0 saturated heterocycles. The van der Waals surface area contributed by atoms with Crippen molar-refractivity contribution >= 4 is 22.6 Å². The summed E-state index contributed by atoms with van der Waals surface area (Å²) < 4.78 is 0. The molecule has 2 amide bonds. The fourth-order valence-corrected chi connectivity index (χ4v) is 3.39. The largest absolute Gasteiger partial charge is 0.504 e. The Morgan fingerprint density at radius 2 is 1.38 bits per heavy atom. The average molecular weight is 492 g/mol. The molecule has 0 bridgehead atoms. The summed E-state index contributed by atoms with van der Waals surface area (Å²) in [6.45, 7) is 0. The number of rotatable bonds is 2. The van der Waals surface area contributed by atoms with E-state index >= 15 is 0 Å². The van der Waals surface area contributed by atoms with Gasteiger partial charge < -0.3 is 10.6 Å². The minimum atomic E-state index is -0.224. The second-order valence-electron chi connectivity index (χ2n) is 5.66. The molecule has 1 aliphatic carbocycles. The van der Waals surface area contributed by atoms with Crippen molar-refractivity contribution in [2.24, 2.45) is 0 Å². The average Bonchev–Trinajstić information content (AvgIpc) is 2.96. The van der Waals surface area contributed by atoms with Crippen LogP contribution < -0.4 is 10.6 Å². The van der Waals surface area contributed by atoms with Gasteiger partial charge in [0.05, 0.1) is 0 Å². The third-order valence-corrected chi connectivity index (χ3v) is 4.47. The number of fused-ring (bicyclic) bond motifs is 3. The van der Waals surface area contributed by atoms with Gasteiger partial charge in [-0.25, -0.2) is 0 Å². The molecule has 3 aromatic rings. The molecule has 124 valence electrons. The number of hydrogen-bond donors (Lipinski definition) is 2. The molecule has 2 radical (unpaired) electrons. The molecule has 0 saturated carbocycles. The zero-order valence-electron chi connectivity index (χ0n) is 14.0. The number of benzene rings is 3. The summed E-state index contributed by atoms with van der Waals surface area (Å²) in [5.41, 5.74) is 5.29. The maximum Gasteiger partial charge on any atom is 0.222 e. The Hall–Kier alpha value is -0.932. The van der Waals surface area contributed by atoms with E-state index in [-0.39, 0.29) is 77.2 Å². The Kier molecular flexibility index (Phi) is 6.90. The maximum absolute atomic E-state index is 12.1. The van der Waals surface area contributed by atoms with Crippen LogP contribution in [0.2, 0.25) is 0 Å². The third-order valence-electron chi connectivity index (χ3n) is 4.47. The van der Waals surface area contributed by atoms with Gasteiger partial charge >= 0.3 is 0 Å². The number of carbonyl (C=O) groups excluding carboxylic acids is 2. The summed E-state index contributed by atoms with van der Waals surface area (Å²) in [6, 6.07) is 15.2. The molecule has 0 unspecified atom stereocenters. The van der Waals surface area contributed by atoms with Gasteiger partial charge in [-0.05, 0) is 51.2 Å². The first kappa shape index (κ1) is 21.4. The molecule has 0 fully saturated rings. The Morgan fingerprint density at radius 3 is 2.08 bits per heavy atom. The summed E-state index contributed by atoms with van der Waals surface area (Å²) in [7, 11) is 6.88. The predicted octanol–water partition coefficient (Wildman–Crippen LogP) is 3.52. The van der Waals surface area contributed by atoms with E-state index in [0.717, 1.165) is 33.0 Å². The molecule has 0 atom stereocenters. The van der Waals surface area contributed by atoms with E-state index in [0.29, 0.717) is 11.1 Å². The van der Waals surface area contributed by atoms with Crippen LogP contribution in [0.15, 0.2) is 48.5 Å². The Balaban J connectivity index is 0.00000121. The molecule has 0 heterocycles. The first-order valence-electron chi connectivity index (χ1n) is 7.51. The van der Waals surface area contributed by atoms with Crippen molar-refractivity contribution < 1.29 is 75.0 Å². The second-order valence-corrected chi connectivity index (χ2v) is 5.66. The maximum atomic E-state index is 12.1. The van der Waals surface area contributed by atoms with Crippen LogP contribution in [0.1, 0.15) is 20.7 Å². The first-order chi connectivity index (χ1) is 11.7. The summed E-state index contributed by atoms with van der Waals surface area (Å²) in [4.78, 5) is 24.0. The number of amides is 2. The van der Waals surface area contributed by atoms with Crippen molar-refractivity contribution in [3.8, 4) is 22.3 Å². The van der Waals surface area contributed by atoms with Crippen LogP contribution in [0.5, 0.6) is 0 Å². The minimum absolute atomic E-state index is 0. The van der Waals surface area contributed by atoms with Crippen LogP contribution in [0.3, 0.4) is 0 Å². The van der Waals surface area contributed by atoms with Gasteiger partial charge in [-0.2, -0.15) is 0 Å². The topological polar surface area (TPSA) is 58.2 Å². The van der Waals surface area contributed by atoms with Gasteiger partial charge in [-0.1, -0.05) is 30.3 Å². The van der Waals surface area contributed by atoms with Gasteiger partial charge in [-0.3, -0.25) is 23.7 Å². The Bertz CT molecular complexity index is 1030. The molecule has 0 aliphatic heterocycles. The molecule has 6 heteroatoms. The minimum Gasteiger partial charge on any atom is -0.504 e. The second kappa shape index (κ2) is 8.39. The molecule has 26 heavy (non-hydrogen) atoms. The zero-order chi connectivity index (χ0) is 16.8. The molecule has 1 aliphatic rings. The summed E-state index contributed by atoms with van der Waals surface area (Å²) in [5.74, 6) is -0.440. The number of carbonyl (C=O) groups is 2. The van der Waals surface area contributed by atoms with Crippen LogP contribution in [-0.4, -0.2) is 11.8 Å². The monoisotopic (exact) mass is 492 g/mol. The summed E-state index contributed by atoms with van der Waals surface area (Å²) in [6.07, 6.45) is 0. The Labute approximate surface area is 202 Å². The normalized spacial score (nSPS) is 10.4. The fraction of sp³-hybridized carbons (Fsp3) is 0. The standard InChI is InChI=1S/C20H14N2O2.2Y/c1-21-19(23)11-6-7-12-13-4-3-5-14-16(20(24)22-2)9-8-15(18(13)14)17(12)10-11;;/h3-10H,1-2H2,(H,21,23)(H,22,24);;/q-2;;. The Morgan fingerprint density at radius 1 is 0.731 bits per heavy atom. The smallest absolute Gasteiger partial charge is 0.222 e. The third kappa shape index (κ3) is 3.22. The van der Waals surface area contributed by atoms with Crippen molar-refractivity contribution in [1.82, 2.24) is 10.6 Å². The quantitative estimate of drug-likeness (QED) is 0.421. The van der Waals surface area contributed by atoms with Crippen LogP contribution >= 0.6 is 0 Å². The van der Waals surface area contributed by atoms with Crippen molar-refractivity contribution in [2.45, 2.75) is 0 Å². The van der Waals surface area contributed by atoms with E-state index in [2.05, 4.69) is 24.7 Å². The van der Waals surface area contributed by atoms with E-state index in [1.165, 1.54) is 0 Å². The summed E-state index contributed by atoms with van der Waals surface area (Å²) in [5, 5.41) is 6.75. The SMILES string of the molecule is [CH2-]NC(=O)c1ccc2c(c1)-c1ccc(C(=O)N[CH2-])c3cccc-2c13.[Y].[Y]. The molecule has 4 rings (SSSR count). The van der Waals surface area contributed by atoms with E-state index in [1.54, 1.807) is 12.1 Å². The van der Waals surface area contributed by atoms with Crippen LogP contribution in [0.25, 0.3) is 33.0 Å². The number of hydrogen-bond acceptors (Lipinski definition) is 2. The molecule has 0 aromatic heterocycles. The van der Waals surface area contributed by atoms with Gasteiger partial charge in [0, 0.05) is 76.5 Å². The van der Waals surface area contributed by atoms with Gasteiger partial charge in [0.1, 0.15) is 0 Å². The van der Waals surface area contributed by atoms with Crippen LogP contribution in [0, 0.1) is 14.1 Å². The molecule has 2 N–H and O–H groups in total. The van der Waals surface area contributed by atoms with Crippen molar-refractivity contribution in [3.63, 3.8) is 0 Å². The van der Waals surface area contributed by atoms with Crippen LogP contribution in [0.4, 0.5) is 0 Å². The van der Waals surface area contributed by atoms with Crippen molar-refractivity contribution in [3.05, 3.63) is 73.8 Å². The fourth-order valence-electron chi connectivity index (χ4n) is 3.39. The van der Waals surface area contributed by atoms with Gasteiger partial charge in [0.25, 0.3) is 0 Å². The first-order valence-corrected chi connectivity index (χ1v) is 7.51. The molecular weight excluding hydrogens is 478 g/mol. The van der Waals surface area contributed by atoms with E-state index in [9.17, 15) is 9.59 Å². The zero-order valence-corrected chi connectivity index (χ0v) is 19.7. The van der Waals surface area contributed by atoms with Crippen LogP contribution in [-0.2, 0) is 65.4 Å². The van der Waals surface area contributed by atoms with Gasteiger partial charge in [0.2, 0.25) is 11.8 Å². The van der Waals surface area contributed by atoms with Crippen molar-refractivity contribution in [2.75, 3.05) is 0 Å². The molecular formula is C20H14N2O2Y2-2.